The van der Waals surface area contributed by atoms with Crippen molar-refractivity contribution in [1.29, 1.82) is 0 Å². The van der Waals surface area contributed by atoms with Crippen LogP contribution in [0.4, 0.5) is 13.2 Å². The minimum Gasteiger partial charge on any atom is -0.385 e. The van der Waals surface area contributed by atoms with Crippen molar-refractivity contribution in [2.24, 2.45) is 0 Å². The van der Waals surface area contributed by atoms with Crippen molar-refractivity contribution in [3.05, 3.63) is 70.5 Å². The lowest BCUT2D eigenvalue weighted by Gasteiger charge is -2.24. The molecule has 0 aromatic heterocycles. The average molecular weight is 278 g/mol. The Labute approximate surface area is 114 Å². The number of fused-ring (bicyclic) bond motifs is 1. The minimum atomic E-state index is -1.22. The lowest BCUT2D eigenvalue weighted by molar-refractivity contribution is 0.0388. The zero-order chi connectivity index (χ0) is 14.3. The van der Waals surface area contributed by atoms with Crippen molar-refractivity contribution in [3.8, 4) is 0 Å². The SMILES string of the molecule is OC1(Cc2ccc(F)c(F)c2)CCc2c(F)cccc21. The lowest BCUT2D eigenvalue weighted by Crippen LogP contribution is -2.25. The van der Waals surface area contributed by atoms with Crippen LogP contribution in [0.2, 0.25) is 0 Å². The van der Waals surface area contributed by atoms with E-state index in [4.69, 9.17) is 0 Å². The first-order chi connectivity index (χ1) is 9.49. The fourth-order valence-corrected chi connectivity index (χ4v) is 2.89. The molecule has 4 heteroatoms. The molecule has 0 spiro atoms. The second-order valence-electron chi connectivity index (χ2n) is 5.22. The zero-order valence-corrected chi connectivity index (χ0v) is 10.7. The Hall–Kier alpha value is -1.81. The predicted molar refractivity (Wildman–Crippen MR) is 68.7 cm³/mol. The van der Waals surface area contributed by atoms with Crippen LogP contribution >= 0.6 is 0 Å². The second-order valence-corrected chi connectivity index (χ2v) is 5.22. The van der Waals surface area contributed by atoms with Gasteiger partial charge in [-0.2, -0.15) is 0 Å². The first kappa shape index (κ1) is 13.2. The van der Waals surface area contributed by atoms with Crippen LogP contribution in [0.15, 0.2) is 36.4 Å². The monoisotopic (exact) mass is 278 g/mol. The molecular formula is C16H13F3O. The molecule has 2 aromatic rings. The maximum absolute atomic E-state index is 13.7. The first-order valence-electron chi connectivity index (χ1n) is 6.44. The summed E-state index contributed by atoms with van der Waals surface area (Å²) in [5.74, 6) is -2.19. The van der Waals surface area contributed by atoms with Gasteiger partial charge in [-0.05, 0) is 47.7 Å². The molecule has 20 heavy (non-hydrogen) atoms. The molecule has 0 amide bonds. The number of aliphatic hydroxyl groups is 1. The van der Waals surface area contributed by atoms with Crippen molar-refractivity contribution < 1.29 is 18.3 Å². The van der Waals surface area contributed by atoms with Gasteiger partial charge in [-0.15, -0.1) is 0 Å². The van der Waals surface area contributed by atoms with Crippen LogP contribution in [0.1, 0.15) is 23.1 Å². The summed E-state index contributed by atoms with van der Waals surface area (Å²) < 4.78 is 39.8. The van der Waals surface area contributed by atoms with E-state index >= 15 is 0 Å². The van der Waals surface area contributed by atoms with E-state index < -0.39 is 17.2 Å². The third-order valence-electron chi connectivity index (χ3n) is 3.89. The van der Waals surface area contributed by atoms with Crippen LogP contribution in [-0.4, -0.2) is 5.11 Å². The molecule has 1 atom stereocenters. The number of benzene rings is 2. The average Bonchev–Trinajstić information content (AvgIpc) is 2.73. The van der Waals surface area contributed by atoms with Crippen molar-refractivity contribution in [2.75, 3.05) is 0 Å². The maximum Gasteiger partial charge on any atom is 0.159 e. The van der Waals surface area contributed by atoms with Gasteiger partial charge in [0.05, 0.1) is 5.60 Å². The van der Waals surface area contributed by atoms with Crippen LogP contribution in [0.3, 0.4) is 0 Å². The highest BCUT2D eigenvalue weighted by molar-refractivity contribution is 5.39. The number of halogens is 3. The summed E-state index contributed by atoms with van der Waals surface area (Å²) in [7, 11) is 0. The molecule has 0 saturated carbocycles. The fourth-order valence-electron chi connectivity index (χ4n) is 2.89. The molecule has 2 aromatic carbocycles. The molecule has 0 aliphatic heterocycles. The van der Waals surface area contributed by atoms with Crippen LogP contribution in [0.25, 0.3) is 0 Å². The quantitative estimate of drug-likeness (QED) is 0.891. The summed E-state index contributed by atoms with van der Waals surface area (Å²) in [6.45, 7) is 0. The fraction of sp³-hybridized carbons (Fsp3) is 0.250. The third kappa shape index (κ3) is 2.10. The first-order valence-corrected chi connectivity index (χ1v) is 6.44. The van der Waals surface area contributed by atoms with E-state index in [1.807, 2.05) is 0 Å². The van der Waals surface area contributed by atoms with Gasteiger partial charge < -0.3 is 5.11 Å². The normalized spacial score (nSPS) is 21.0. The van der Waals surface area contributed by atoms with Gasteiger partial charge in [0.25, 0.3) is 0 Å². The summed E-state index contributed by atoms with van der Waals surface area (Å²) in [6.07, 6.45) is 0.963. The summed E-state index contributed by atoms with van der Waals surface area (Å²) in [5.41, 5.74) is 0.324. The van der Waals surface area contributed by atoms with Crippen LogP contribution in [0.5, 0.6) is 0 Å². The summed E-state index contributed by atoms with van der Waals surface area (Å²) >= 11 is 0. The Bertz CT molecular complexity index is 669. The van der Waals surface area contributed by atoms with Gasteiger partial charge in [-0.1, -0.05) is 18.2 Å². The maximum atomic E-state index is 13.7. The molecule has 0 saturated heterocycles. The standard InChI is InChI=1S/C16H13F3O/c17-13-3-1-2-12-11(13)6-7-16(12,20)9-10-4-5-14(18)15(19)8-10/h1-5,8,20H,6-7,9H2. The van der Waals surface area contributed by atoms with Crippen molar-refractivity contribution in [3.63, 3.8) is 0 Å². The smallest absolute Gasteiger partial charge is 0.159 e. The Balaban J connectivity index is 1.96. The van der Waals surface area contributed by atoms with Gasteiger partial charge in [-0.25, -0.2) is 13.2 Å². The molecular weight excluding hydrogens is 265 g/mol. The Morgan fingerprint density at radius 2 is 1.80 bits per heavy atom. The van der Waals surface area contributed by atoms with E-state index in [2.05, 4.69) is 0 Å². The second kappa shape index (κ2) is 4.63. The molecule has 0 bridgehead atoms. The minimum absolute atomic E-state index is 0.140. The zero-order valence-electron chi connectivity index (χ0n) is 10.7. The molecule has 1 unspecified atom stereocenters. The van der Waals surface area contributed by atoms with Crippen molar-refractivity contribution >= 4 is 0 Å². The Kier molecular flexibility index (Phi) is 3.05. The van der Waals surface area contributed by atoms with E-state index in [-0.39, 0.29) is 12.2 Å². The van der Waals surface area contributed by atoms with Crippen LogP contribution in [0, 0.1) is 17.5 Å². The molecule has 0 fully saturated rings. The van der Waals surface area contributed by atoms with E-state index in [0.29, 0.717) is 29.5 Å². The highest BCUT2D eigenvalue weighted by atomic mass is 19.2. The van der Waals surface area contributed by atoms with E-state index in [1.165, 1.54) is 12.1 Å². The molecule has 1 N–H and O–H groups in total. The third-order valence-corrected chi connectivity index (χ3v) is 3.89. The molecule has 1 nitrogen and oxygen atoms in total. The van der Waals surface area contributed by atoms with Gasteiger partial charge >= 0.3 is 0 Å². The van der Waals surface area contributed by atoms with Crippen LogP contribution in [-0.2, 0) is 18.4 Å². The number of hydrogen-bond acceptors (Lipinski definition) is 1. The molecule has 0 heterocycles. The van der Waals surface area contributed by atoms with Gasteiger partial charge in [0.1, 0.15) is 5.82 Å². The molecule has 0 radical (unpaired) electrons. The van der Waals surface area contributed by atoms with E-state index in [0.717, 1.165) is 12.1 Å². The number of rotatable bonds is 2. The van der Waals surface area contributed by atoms with Crippen LogP contribution < -0.4 is 0 Å². The topological polar surface area (TPSA) is 20.2 Å². The molecule has 3 rings (SSSR count). The largest absolute Gasteiger partial charge is 0.385 e. The van der Waals surface area contributed by atoms with Gasteiger partial charge in [0, 0.05) is 6.42 Å². The molecule has 1 aliphatic rings. The van der Waals surface area contributed by atoms with E-state index in [9.17, 15) is 18.3 Å². The number of hydrogen-bond donors (Lipinski definition) is 1. The van der Waals surface area contributed by atoms with Gasteiger partial charge in [0.15, 0.2) is 11.6 Å². The highest BCUT2D eigenvalue weighted by Gasteiger charge is 2.38. The Morgan fingerprint density at radius 1 is 1.00 bits per heavy atom. The highest BCUT2D eigenvalue weighted by Crippen LogP contribution is 2.40. The Morgan fingerprint density at radius 3 is 2.55 bits per heavy atom. The van der Waals surface area contributed by atoms with Crippen molar-refractivity contribution in [2.45, 2.75) is 24.9 Å². The van der Waals surface area contributed by atoms with Gasteiger partial charge in [0.2, 0.25) is 0 Å². The summed E-state index contributed by atoms with van der Waals surface area (Å²) in [4.78, 5) is 0. The van der Waals surface area contributed by atoms with Gasteiger partial charge in [-0.3, -0.25) is 0 Å². The van der Waals surface area contributed by atoms with E-state index in [1.54, 1.807) is 12.1 Å². The summed E-state index contributed by atoms with van der Waals surface area (Å²) in [6, 6.07) is 8.15. The lowest BCUT2D eigenvalue weighted by atomic mass is 9.88. The van der Waals surface area contributed by atoms with Crippen molar-refractivity contribution in [1.82, 2.24) is 0 Å². The predicted octanol–water partition coefficient (Wildman–Crippen LogP) is 3.48. The molecule has 104 valence electrons. The summed E-state index contributed by atoms with van der Waals surface area (Å²) in [5, 5.41) is 10.7. The molecule has 1 aliphatic carbocycles.